The summed E-state index contributed by atoms with van der Waals surface area (Å²) in [5, 5.41) is 10.9. The summed E-state index contributed by atoms with van der Waals surface area (Å²) in [6.07, 6.45) is 4.40. The zero-order valence-corrected chi connectivity index (χ0v) is 19.5. The first-order valence-electron chi connectivity index (χ1n) is 9.98. The van der Waals surface area contributed by atoms with Gasteiger partial charge < -0.3 is 15.5 Å². The van der Waals surface area contributed by atoms with Gasteiger partial charge in [0.25, 0.3) is 0 Å². The van der Waals surface area contributed by atoms with E-state index in [1.807, 2.05) is 24.0 Å². The van der Waals surface area contributed by atoms with Crippen molar-refractivity contribution in [2.75, 3.05) is 24.5 Å². The Morgan fingerprint density at radius 1 is 1.14 bits per heavy atom. The van der Waals surface area contributed by atoms with Gasteiger partial charge in [-0.2, -0.15) is 5.10 Å². The molecule has 2 N–H and O–H groups in total. The summed E-state index contributed by atoms with van der Waals surface area (Å²) >= 11 is 0. The van der Waals surface area contributed by atoms with E-state index in [9.17, 15) is 0 Å². The molecule has 154 valence electrons. The fourth-order valence-corrected chi connectivity index (χ4v) is 3.34. The van der Waals surface area contributed by atoms with Crippen LogP contribution < -0.4 is 15.5 Å². The van der Waals surface area contributed by atoms with Gasteiger partial charge >= 0.3 is 0 Å². The lowest BCUT2D eigenvalue weighted by Gasteiger charge is -2.32. The van der Waals surface area contributed by atoms with E-state index in [0.29, 0.717) is 13.1 Å². The zero-order chi connectivity index (χ0) is 19.1. The Labute approximate surface area is 185 Å². The van der Waals surface area contributed by atoms with Gasteiger partial charge in [0.2, 0.25) is 0 Å². The first kappa shape index (κ1) is 22.5. The molecule has 6 nitrogen and oxygen atoms in total. The van der Waals surface area contributed by atoms with Gasteiger partial charge in [-0.15, -0.1) is 24.0 Å². The zero-order valence-electron chi connectivity index (χ0n) is 17.2. The second-order valence-corrected chi connectivity index (χ2v) is 7.33. The first-order chi connectivity index (χ1) is 13.2. The van der Waals surface area contributed by atoms with Crippen LogP contribution in [-0.2, 0) is 20.1 Å². The minimum Gasteiger partial charge on any atom is -0.372 e. The molecule has 0 spiro atoms. The molecule has 0 atom stereocenters. The average molecular weight is 496 g/mol. The van der Waals surface area contributed by atoms with Crippen LogP contribution in [0.4, 0.5) is 5.69 Å². The number of aliphatic imine (C=N–C) groups is 1. The quantitative estimate of drug-likeness (QED) is 0.365. The Bertz CT molecular complexity index is 732. The Morgan fingerprint density at radius 2 is 1.86 bits per heavy atom. The first-order valence-corrected chi connectivity index (χ1v) is 9.98. The van der Waals surface area contributed by atoms with Crippen LogP contribution in [-0.4, -0.2) is 35.4 Å². The number of aryl methyl sites for hydroxylation is 1. The number of nitrogens with one attached hydrogen (secondary N) is 2. The van der Waals surface area contributed by atoms with Crippen LogP contribution in [0, 0.1) is 5.92 Å². The molecule has 0 aliphatic carbocycles. The van der Waals surface area contributed by atoms with Crippen LogP contribution in [0.2, 0.25) is 0 Å². The van der Waals surface area contributed by atoms with Crippen LogP contribution in [0.1, 0.15) is 37.9 Å². The van der Waals surface area contributed by atoms with Gasteiger partial charge in [-0.25, -0.2) is 4.99 Å². The number of piperidine rings is 1. The van der Waals surface area contributed by atoms with Crippen molar-refractivity contribution in [2.45, 2.75) is 39.8 Å². The number of hydrogen-bond acceptors (Lipinski definition) is 3. The summed E-state index contributed by atoms with van der Waals surface area (Å²) in [5.74, 6) is 1.69. The molecule has 0 radical (unpaired) electrons. The van der Waals surface area contributed by atoms with Gasteiger partial charge in [0.1, 0.15) is 0 Å². The number of aromatic nitrogens is 2. The second-order valence-electron chi connectivity index (χ2n) is 7.33. The molecule has 1 aromatic carbocycles. The largest absolute Gasteiger partial charge is 0.372 e. The van der Waals surface area contributed by atoms with E-state index in [1.54, 1.807) is 0 Å². The summed E-state index contributed by atoms with van der Waals surface area (Å²) in [6, 6.07) is 10.9. The molecule has 3 rings (SSSR count). The highest BCUT2D eigenvalue weighted by Gasteiger charge is 2.15. The van der Waals surface area contributed by atoms with Crippen molar-refractivity contribution in [2.24, 2.45) is 18.0 Å². The van der Waals surface area contributed by atoms with Crippen molar-refractivity contribution < 1.29 is 0 Å². The molecule has 1 aromatic heterocycles. The molecule has 0 amide bonds. The molecular weight excluding hydrogens is 463 g/mol. The fourth-order valence-electron chi connectivity index (χ4n) is 3.34. The fraction of sp³-hybridized carbons (Fsp3) is 0.524. The molecule has 2 heterocycles. The van der Waals surface area contributed by atoms with Crippen molar-refractivity contribution >= 4 is 35.6 Å². The van der Waals surface area contributed by atoms with E-state index in [2.05, 4.69) is 58.7 Å². The molecule has 0 bridgehead atoms. The highest BCUT2D eigenvalue weighted by molar-refractivity contribution is 14.0. The van der Waals surface area contributed by atoms with Gasteiger partial charge in [0.05, 0.1) is 18.8 Å². The van der Waals surface area contributed by atoms with Gasteiger partial charge in [0, 0.05) is 38.6 Å². The maximum Gasteiger partial charge on any atom is 0.191 e. The third-order valence-corrected chi connectivity index (χ3v) is 5.21. The molecule has 0 saturated carbocycles. The lowest BCUT2D eigenvalue weighted by atomic mass is 9.99. The number of hydrogen-bond donors (Lipinski definition) is 2. The maximum absolute atomic E-state index is 4.72. The van der Waals surface area contributed by atoms with Gasteiger partial charge in [-0.1, -0.05) is 19.1 Å². The van der Waals surface area contributed by atoms with E-state index < -0.39 is 0 Å². The maximum atomic E-state index is 4.72. The molecule has 1 aliphatic rings. The van der Waals surface area contributed by atoms with Gasteiger partial charge in [-0.3, -0.25) is 4.68 Å². The SMILES string of the molecule is CCNC(=NCc1ccc(N2CCC(C)CC2)cc1)NCc1ccnn1C.I. The number of nitrogens with zero attached hydrogens (tertiary/aromatic N) is 4. The minimum atomic E-state index is 0. The monoisotopic (exact) mass is 496 g/mol. The Kier molecular flexibility index (Phi) is 9.08. The summed E-state index contributed by atoms with van der Waals surface area (Å²) in [6.45, 7) is 8.97. The van der Waals surface area contributed by atoms with E-state index >= 15 is 0 Å². The number of benzene rings is 1. The van der Waals surface area contributed by atoms with Gasteiger partial charge in [0.15, 0.2) is 5.96 Å². The predicted octanol–water partition coefficient (Wildman–Crippen LogP) is 3.53. The van der Waals surface area contributed by atoms with Crippen molar-refractivity contribution in [1.29, 1.82) is 0 Å². The lowest BCUT2D eigenvalue weighted by Crippen LogP contribution is -2.37. The molecule has 1 saturated heterocycles. The van der Waals surface area contributed by atoms with Crippen molar-refractivity contribution in [1.82, 2.24) is 20.4 Å². The van der Waals surface area contributed by atoms with Crippen molar-refractivity contribution in [3.05, 3.63) is 47.8 Å². The molecule has 7 heteroatoms. The minimum absolute atomic E-state index is 0. The van der Waals surface area contributed by atoms with Crippen LogP contribution in [0.5, 0.6) is 0 Å². The van der Waals surface area contributed by atoms with Gasteiger partial charge in [-0.05, 0) is 49.4 Å². The summed E-state index contributed by atoms with van der Waals surface area (Å²) in [7, 11) is 1.95. The van der Waals surface area contributed by atoms with E-state index in [4.69, 9.17) is 4.99 Å². The number of halogens is 1. The standard InChI is InChI=1S/C21H32N6.HI/c1-4-22-21(24-16-20-9-12-25-26(20)3)23-15-18-5-7-19(8-6-18)27-13-10-17(2)11-14-27;/h5-9,12,17H,4,10-11,13-16H2,1-3H3,(H2,22,23,24);1H. The lowest BCUT2D eigenvalue weighted by molar-refractivity contribution is 0.438. The Hall–Kier alpha value is -1.77. The average Bonchev–Trinajstić information content (AvgIpc) is 3.10. The molecule has 1 aliphatic heterocycles. The Morgan fingerprint density at radius 3 is 2.46 bits per heavy atom. The molecule has 0 unspecified atom stereocenters. The second kappa shape index (κ2) is 11.3. The Balaban J connectivity index is 0.00000280. The van der Waals surface area contributed by atoms with Crippen molar-refractivity contribution in [3.8, 4) is 0 Å². The summed E-state index contributed by atoms with van der Waals surface area (Å²) in [4.78, 5) is 7.21. The topological polar surface area (TPSA) is 57.5 Å². The third-order valence-electron chi connectivity index (χ3n) is 5.21. The van der Waals surface area contributed by atoms with Crippen LogP contribution in [0.15, 0.2) is 41.5 Å². The van der Waals surface area contributed by atoms with Crippen molar-refractivity contribution in [3.63, 3.8) is 0 Å². The molecule has 2 aromatic rings. The van der Waals surface area contributed by atoms with E-state index in [0.717, 1.165) is 24.1 Å². The smallest absolute Gasteiger partial charge is 0.191 e. The highest BCUT2D eigenvalue weighted by Crippen LogP contribution is 2.23. The summed E-state index contributed by atoms with van der Waals surface area (Å²) in [5.41, 5.74) is 3.68. The van der Waals surface area contributed by atoms with Crippen LogP contribution >= 0.6 is 24.0 Å². The molecular formula is C21H33IN6. The number of anilines is 1. The number of rotatable bonds is 6. The molecule has 1 fully saturated rings. The summed E-state index contributed by atoms with van der Waals surface area (Å²) < 4.78 is 1.87. The van der Waals surface area contributed by atoms with E-state index in [1.165, 1.54) is 37.2 Å². The predicted molar refractivity (Wildman–Crippen MR) is 127 cm³/mol. The number of guanidine groups is 1. The highest BCUT2D eigenvalue weighted by atomic mass is 127. The van der Waals surface area contributed by atoms with Crippen LogP contribution in [0.25, 0.3) is 0 Å². The molecule has 28 heavy (non-hydrogen) atoms. The normalized spacial score (nSPS) is 15.2. The van der Waals surface area contributed by atoms with Crippen LogP contribution in [0.3, 0.4) is 0 Å². The third kappa shape index (κ3) is 6.39. The van der Waals surface area contributed by atoms with E-state index in [-0.39, 0.29) is 24.0 Å².